The maximum atomic E-state index is 11.6. The zero-order valence-corrected chi connectivity index (χ0v) is 10.5. The van der Waals surface area contributed by atoms with Gasteiger partial charge in [-0.1, -0.05) is 0 Å². The number of fused-ring (bicyclic) bond motifs is 1. The molecule has 4 N–H and O–H groups in total. The molecule has 1 aliphatic heterocycles. The van der Waals surface area contributed by atoms with E-state index in [1.165, 1.54) is 24.1 Å². The molecule has 9 nitrogen and oxygen atoms in total. The minimum Gasteiger partial charge on any atom is -0.391 e. The van der Waals surface area contributed by atoms with Crippen LogP contribution in [0.2, 0.25) is 0 Å². The maximum Gasteiger partial charge on any atom is 0.278 e. The number of hydrogen-bond acceptors (Lipinski definition) is 7. The number of H-pyrrole nitrogens is 1. The Balaban J connectivity index is 2.04. The first-order valence-electron chi connectivity index (χ1n) is 6.10. The van der Waals surface area contributed by atoms with E-state index in [1.54, 1.807) is 0 Å². The summed E-state index contributed by atoms with van der Waals surface area (Å²) >= 11 is 0. The van der Waals surface area contributed by atoms with Crippen molar-refractivity contribution >= 4 is 11.2 Å². The minimum atomic E-state index is -1.26. The molecule has 0 aliphatic carbocycles. The highest BCUT2D eigenvalue weighted by Gasteiger charge is 2.46. The summed E-state index contributed by atoms with van der Waals surface area (Å²) in [5, 5.41) is 29.4. The first-order valence-corrected chi connectivity index (χ1v) is 6.10. The van der Waals surface area contributed by atoms with Crippen LogP contribution in [0, 0.1) is 0 Å². The summed E-state index contributed by atoms with van der Waals surface area (Å²) in [6.07, 6.45) is -2.81. The number of aliphatic hydroxyl groups is 3. The van der Waals surface area contributed by atoms with Crippen molar-refractivity contribution in [1.29, 1.82) is 0 Å². The summed E-state index contributed by atoms with van der Waals surface area (Å²) < 4.78 is 6.82. The molecule has 0 bridgehead atoms. The summed E-state index contributed by atoms with van der Waals surface area (Å²) in [4.78, 5) is 21.9. The van der Waals surface area contributed by atoms with Gasteiger partial charge in [-0.3, -0.25) is 9.36 Å². The Kier molecular flexibility index (Phi) is 3.05. The molecule has 0 aromatic carbocycles. The Bertz CT molecular complexity index is 681. The van der Waals surface area contributed by atoms with Crippen LogP contribution in [0.4, 0.5) is 0 Å². The molecule has 0 saturated carbocycles. The Hall–Kier alpha value is -1.81. The van der Waals surface area contributed by atoms with Crippen LogP contribution >= 0.6 is 0 Å². The summed E-state index contributed by atoms with van der Waals surface area (Å²) in [5.41, 5.74) is -0.0663. The topological polar surface area (TPSA) is 133 Å². The third-order valence-corrected chi connectivity index (χ3v) is 3.39. The Morgan fingerprint density at radius 2 is 2.15 bits per heavy atom. The number of rotatable bonds is 2. The lowest BCUT2D eigenvalue weighted by molar-refractivity contribution is -0.0777. The van der Waals surface area contributed by atoms with Crippen molar-refractivity contribution in [3.05, 3.63) is 23.0 Å². The van der Waals surface area contributed by atoms with Crippen molar-refractivity contribution in [2.75, 3.05) is 0 Å². The fraction of sp³-hybridized carbons (Fsp3) is 0.545. The third-order valence-electron chi connectivity index (χ3n) is 3.39. The largest absolute Gasteiger partial charge is 0.391 e. The van der Waals surface area contributed by atoms with Crippen molar-refractivity contribution in [1.82, 2.24) is 19.5 Å². The van der Waals surface area contributed by atoms with E-state index in [1.807, 2.05) is 0 Å². The van der Waals surface area contributed by atoms with Crippen LogP contribution in [-0.2, 0) is 4.74 Å². The maximum absolute atomic E-state index is 11.6. The van der Waals surface area contributed by atoms with Gasteiger partial charge < -0.3 is 25.0 Å². The van der Waals surface area contributed by atoms with Crippen molar-refractivity contribution in [2.45, 2.75) is 37.6 Å². The molecule has 2 aromatic rings. The fourth-order valence-electron chi connectivity index (χ4n) is 2.36. The molecule has 1 aliphatic rings. The highest BCUT2D eigenvalue weighted by Crippen LogP contribution is 2.32. The lowest BCUT2D eigenvalue weighted by Gasteiger charge is -2.17. The van der Waals surface area contributed by atoms with Crippen LogP contribution < -0.4 is 5.56 Å². The lowest BCUT2D eigenvalue weighted by Crippen LogP contribution is -2.37. The summed E-state index contributed by atoms with van der Waals surface area (Å²) in [6.45, 7) is 1.46. The second-order valence-corrected chi connectivity index (χ2v) is 4.77. The molecule has 0 radical (unpaired) electrons. The number of imidazole rings is 1. The first kappa shape index (κ1) is 13.2. The van der Waals surface area contributed by atoms with Gasteiger partial charge in [0.2, 0.25) is 0 Å². The van der Waals surface area contributed by atoms with Gasteiger partial charge in [-0.05, 0) is 6.92 Å². The van der Waals surface area contributed by atoms with Gasteiger partial charge in [-0.2, -0.15) is 0 Å². The standard InChI is InChI=1S/C11H14N4O5/c1-4(16)8-6(17)7(18)11(20-8)15-3-14-5-9(15)12-2-13-10(5)19/h2-4,6-8,11,16-18H,1H3,(H,12,13,19)/t4-,6-,7+,8+,11+/m0/s1. The molecule has 20 heavy (non-hydrogen) atoms. The lowest BCUT2D eigenvalue weighted by atomic mass is 10.1. The van der Waals surface area contributed by atoms with E-state index in [2.05, 4.69) is 15.0 Å². The zero-order valence-electron chi connectivity index (χ0n) is 10.5. The van der Waals surface area contributed by atoms with Crippen LogP contribution in [0.5, 0.6) is 0 Å². The Morgan fingerprint density at radius 3 is 2.80 bits per heavy atom. The fourth-order valence-corrected chi connectivity index (χ4v) is 2.36. The molecule has 5 atom stereocenters. The van der Waals surface area contributed by atoms with Gasteiger partial charge in [0.15, 0.2) is 17.4 Å². The van der Waals surface area contributed by atoms with Gasteiger partial charge in [0.1, 0.15) is 18.3 Å². The highest BCUT2D eigenvalue weighted by atomic mass is 16.6. The van der Waals surface area contributed by atoms with Crippen LogP contribution in [0.25, 0.3) is 11.2 Å². The number of aromatic amines is 1. The van der Waals surface area contributed by atoms with E-state index in [0.29, 0.717) is 0 Å². The molecule has 3 heterocycles. The smallest absolute Gasteiger partial charge is 0.278 e. The van der Waals surface area contributed by atoms with E-state index in [4.69, 9.17) is 4.74 Å². The molecular weight excluding hydrogens is 268 g/mol. The molecule has 1 fully saturated rings. The summed E-state index contributed by atoms with van der Waals surface area (Å²) in [7, 11) is 0. The van der Waals surface area contributed by atoms with Crippen molar-refractivity contribution in [2.24, 2.45) is 0 Å². The van der Waals surface area contributed by atoms with Crippen molar-refractivity contribution in [3.8, 4) is 0 Å². The summed E-state index contributed by atoms with van der Waals surface area (Å²) in [5.74, 6) is 0. The number of aromatic nitrogens is 4. The van der Waals surface area contributed by atoms with Gasteiger partial charge in [0.25, 0.3) is 5.56 Å². The minimum absolute atomic E-state index is 0.110. The Morgan fingerprint density at radius 1 is 1.40 bits per heavy atom. The molecule has 108 valence electrons. The number of ether oxygens (including phenoxy) is 1. The predicted octanol–water partition coefficient (Wildman–Crippen LogP) is -1.88. The normalized spacial score (nSPS) is 31.8. The SMILES string of the molecule is C[C@H](O)[C@H]1O[C@@H](n2cnc3c(=O)[nH]cnc32)[C@H](O)[C@@H]1O. The van der Waals surface area contributed by atoms with Crippen molar-refractivity contribution < 1.29 is 20.1 Å². The average Bonchev–Trinajstić information content (AvgIpc) is 2.94. The number of nitrogens with zero attached hydrogens (tertiary/aromatic N) is 3. The second kappa shape index (κ2) is 4.63. The number of aliphatic hydroxyl groups excluding tert-OH is 3. The van der Waals surface area contributed by atoms with Crippen LogP contribution in [-0.4, -0.2) is 59.3 Å². The van der Waals surface area contributed by atoms with Gasteiger partial charge in [0, 0.05) is 0 Å². The van der Waals surface area contributed by atoms with E-state index in [9.17, 15) is 20.1 Å². The molecule has 0 unspecified atom stereocenters. The van der Waals surface area contributed by atoms with Crippen LogP contribution in [0.1, 0.15) is 13.2 Å². The van der Waals surface area contributed by atoms with E-state index >= 15 is 0 Å². The van der Waals surface area contributed by atoms with Gasteiger partial charge in [-0.15, -0.1) is 0 Å². The molecule has 3 rings (SSSR count). The van der Waals surface area contributed by atoms with E-state index in [0.717, 1.165) is 0 Å². The van der Waals surface area contributed by atoms with Gasteiger partial charge >= 0.3 is 0 Å². The molecule has 1 saturated heterocycles. The molecule has 0 spiro atoms. The van der Waals surface area contributed by atoms with Gasteiger partial charge in [-0.25, -0.2) is 9.97 Å². The predicted molar refractivity (Wildman–Crippen MR) is 65.8 cm³/mol. The van der Waals surface area contributed by atoms with Crippen LogP contribution in [0.3, 0.4) is 0 Å². The Labute approximate surface area is 112 Å². The van der Waals surface area contributed by atoms with Crippen molar-refractivity contribution in [3.63, 3.8) is 0 Å². The van der Waals surface area contributed by atoms with Crippen LogP contribution in [0.15, 0.2) is 17.4 Å². The molecule has 9 heteroatoms. The number of nitrogens with one attached hydrogen (secondary N) is 1. The average molecular weight is 282 g/mol. The van der Waals surface area contributed by atoms with E-state index < -0.39 is 36.2 Å². The first-order chi connectivity index (χ1) is 9.50. The summed E-state index contributed by atoms with van der Waals surface area (Å²) in [6, 6.07) is 0. The second-order valence-electron chi connectivity index (χ2n) is 4.77. The number of hydrogen-bond donors (Lipinski definition) is 4. The van der Waals surface area contributed by atoms with Gasteiger partial charge in [0.05, 0.1) is 18.8 Å². The molecule has 0 amide bonds. The quantitative estimate of drug-likeness (QED) is 0.506. The zero-order chi connectivity index (χ0) is 14.4. The molecular formula is C11H14N4O5. The monoisotopic (exact) mass is 282 g/mol. The third kappa shape index (κ3) is 1.83. The highest BCUT2D eigenvalue weighted by molar-refractivity contribution is 5.68. The van der Waals surface area contributed by atoms with E-state index in [-0.39, 0.29) is 11.2 Å². The molecule has 2 aromatic heterocycles.